The molecule has 3 aromatic rings. The first-order chi connectivity index (χ1) is 15.4. The monoisotopic (exact) mass is 455 g/mol. The molecular formula is C23H25N3O5S. The van der Waals surface area contributed by atoms with Crippen LogP contribution in [0.5, 0.6) is 0 Å². The summed E-state index contributed by atoms with van der Waals surface area (Å²) in [4.78, 5) is 27.9. The summed E-state index contributed by atoms with van der Waals surface area (Å²) in [6.45, 7) is 0.436. The van der Waals surface area contributed by atoms with E-state index in [4.69, 9.17) is 0 Å². The lowest BCUT2D eigenvalue weighted by atomic mass is 9.96. The number of para-hydroxylation sites is 1. The van der Waals surface area contributed by atoms with Gasteiger partial charge in [0.05, 0.1) is 4.90 Å². The predicted molar refractivity (Wildman–Crippen MR) is 119 cm³/mol. The topological polar surface area (TPSA) is 120 Å². The van der Waals surface area contributed by atoms with Crippen molar-refractivity contribution in [1.29, 1.82) is 0 Å². The third-order valence-corrected chi connectivity index (χ3v) is 7.83. The summed E-state index contributed by atoms with van der Waals surface area (Å²) < 4.78 is 26.9. The Morgan fingerprint density at radius 1 is 1.06 bits per heavy atom. The Labute approximate surface area is 186 Å². The van der Waals surface area contributed by atoms with E-state index < -0.39 is 28.0 Å². The molecule has 1 aromatic heterocycles. The maximum Gasteiger partial charge on any atom is 0.326 e. The van der Waals surface area contributed by atoms with Gasteiger partial charge in [-0.15, -0.1) is 0 Å². The average molecular weight is 456 g/mol. The van der Waals surface area contributed by atoms with Crippen LogP contribution in [0.15, 0.2) is 65.7 Å². The number of H-pyrrole nitrogens is 1. The van der Waals surface area contributed by atoms with Gasteiger partial charge in [-0.25, -0.2) is 13.2 Å². The molecule has 3 N–H and O–H groups in total. The highest BCUT2D eigenvalue weighted by Gasteiger charge is 2.33. The number of carboxylic acids is 1. The molecule has 1 unspecified atom stereocenters. The highest BCUT2D eigenvalue weighted by atomic mass is 32.2. The lowest BCUT2D eigenvalue weighted by Gasteiger charge is -2.31. The Bertz CT molecular complexity index is 1210. The van der Waals surface area contributed by atoms with Crippen LogP contribution in [0, 0.1) is 5.92 Å². The van der Waals surface area contributed by atoms with Gasteiger partial charge in [-0.1, -0.05) is 36.4 Å². The Morgan fingerprint density at radius 3 is 2.41 bits per heavy atom. The maximum atomic E-state index is 12.8. The lowest BCUT2D eigenvalue weighted by Crippen LogP contribution is -2.48. The van der Waals surface area contributed by atoms with E-state index in [1.54, 1.807) is 36.5 Å². The van der Waals surface area contributed by atoms with Gasteiger partial charge in [-0.05, 0) is 36.6 Å². The number of nitrogens with one attached hydrogen (secondary N) is 2. The minimum Gasteiger partial charge on any atom is -0.480 e. The molecule has 0 radical (unpaired) electrons. The van der Waals surface area contributed by atoms with E-state index in [1.807, 2.05) is 24.3 Å². The quantitative estimate of drug-likeness (QED) is 0.505. The minimum atomic E-state index is -3.60. The highest BCUT2D eigenvalue weighted by Crippen LogP contribution is 2.24. The van der Waals surface area contributed by atoms with Gasteiger partial charge < -0.3 is 15.4 Å². The second-order valence-electron chi connectivity index (χ2n) is 7.95. The maximum absolute atomic E-state index is 12.8. The molecule has 0 saturated carbocycles. The molecular weight excluding hydrogens is 430 g/mol. The molecule has 1 saturated heterocycles. The van der Waals surface area contributed by atoms with Crippen LogP contribution in [-0.4, -0.2) is 53.8 Å². The molecule has 0 spiro atoms. The lowest BCUT2D eigenvalue weighted by molar-refractivity contribution is -0.142. The number of carboxylic acid groups (broad SMARTS) is 1. The van der Waals surface area contributed by atoms with E-state index in [2.05, 4.69) is 10.3 Å². The molecule has 0 aliphatic carbocycles. The fraction of sp³-hybridized carbons (Fsp3) is 0.304. The largest absolute Gasteiger partial charge is 0.480 e. The zero-order valence-corrected chi connectivity index (χ0v) is 18.2. The third kappa shape index (κ3) is 4.53. The number of hydrogen-bond donors (Lipinski definition) is 3. The van der Waals surface area contributed by atoms with E-state index >= 15 is 0 Å². The molecule has 1 aliphatic heterocycles. The van der Waals surface area contributed by atoms with Gasteiger partial charge >= 0.3 is 5.97 Å². The number of carbonyl (C=O) groups excluding carboxylic acids is 1. The van der Waals surface area contributed by atoms with E-state index in [1.165, 1.54) is 4.31 Å². The number of benzene rings is 2. The number of carbonyl (C=O) groups is 2. The molecule has 1 aliphatic rings. The van der Waals surface area contributed by atoms with Crippen LogP contribution in [0.2, 0.25) is 0 Å². The summed E-state index contributed by atoms with van der Waals surface area (Å²) >= 11 is 0. The fourth-order valence-electron chi connectivity index (χ4n) is 4.11. The van der Waals surface area contributed by atoms with Crippen molar-refractivity contribution < 1.29 is 23.1 Å². The first-order valence-electron chi connectivity index (χ1n) is 10.5. The van der Waals surface area contributed by atoms with Crippen LogP contribution < -0.4 is 5.32 Å². The summed E-state index contributed by atoms with van der Waals surface area (Å²) in [5, 5.41) is 13.2. The van der Waals surface area contributed by atoms with Crippen LogP contribution in [0.4, 0.5) is 0 Å². The Morgan fingerprint density at radius 2 is 1.72 bits per heavy atom. The van der Waals surface area contributed by atoms with Gasteiger partial charge in [0.25, 0.3) is 0 Å². The van der Waals surface area contributed by atoms with Gasteiger partial charge in [-0.2, -0.15) is 4.31 Å². The Balaban J connectivity index is 1.38. The second-order valence-corrected chi connectivity index (χ2v) is 9.89. The zero-order valence-electron chi connectivity index (χ0n) is 17.4. The van der Waals surface area contributed by atoms with Crippen LogP contribution in [0.25, 0.3) is 10.9 Å². The van der Waals surface area contributed by atoms with Crippen molar-refractivity contribution in [3.63, 3.8) is 0 Å². The Kier molecular flexibility index (Phi) is 6.29. The molecule has 4 rings (SSSR count). The number of amides is 1. The molecule has 1 atom stereocenters. The first kappa shape index (κ1) is 22.0. The van der Waals surface area contributed by atoms with Crippen LogP contribution in [0.1, 0.15) is 18.4 Å². The number of aromatic amines is 1. The van der Waals surface area contributed by atoms with Crippen LogP contribution in [0.3, 0.4) is 0 Å². The van der Waals surface area contributed by atoms with E-state index in [0.29, 0.717) is 12.8 Å². The number of aromatic nitrogens is 1. The SMILES string of the molecule is O=C(NC(Cc1c[nH]c2ccccc12)C(=O)O)C1CCN(S(=O)(=O)c2ccccc2)CC1. The number of piperidine rings is 1. The summed E-state index contributed by atoms with van der Waals surface area (Å²) in [5.41, 5.74) is 1.72. The molecule has 32 heavy (non-hydrogen) atoms. The standard InChI is InChI=1S/C23H25N3O5S/c27-22(16-10-12-26(13-11-16)32(30,31)18-6-2-1-3-7-18)25-21(23(28)29)14-17-15-24-20-9-5-4-8-19(17)20/h1-9,15-16,21,24H,10-14H2,(H,25,27)(H,28,29). The fourth-order valence-corrected chi connectivity index (χ4v) is 5.60. The van der Waals surface area contributed by atoms with E-state index in [-0.39, 0.29) is 30.3 Å². The number of rotatable bonds is 7. The average Bonchev–Trinajstić information content (AvgIpc) is 3.22. The van der Waals surface area contributed by atoms with Crippen molar-refractivity contribution in [2.75, 3.05) is 13.1 Å². The number of fused-ring (bicyclic) bond motifs is 1. The van der Waals surface area contributed by atoms with Gasteiger partial charge in [0.15, 0.2) is 0 Å². The van der Waals surface area contributed by atoms with E-state index in [9.17, 15) is 23.1 Å². The van der Waals surface area contributed by atoms with Crippen molar-refractivity contribution >= 4 is 32.8 Å². The van der Waals surface area contributed by atoms with Crippen LogP contribution >= 0.6 is 0 Å². The van der Waals surface area contributed by atoms with E-state index in [0.717, 1.165) is 16.5 Å². The highest BCUT2D eigenvalue weighted by molar-refractivity contribution is 7.89. The van der Waals surface area contributed by atoms with Crippen molar-refractivity contribution in [2.45, 2.75) is 30.2 Å². The first-order valence-corrected chi connectivity index (χ1v) is 11.9. The summed E-state index contributed by atoms with van der Waals surface area (Å²) in [7, 11) is -3.60. The third-order valence-electron chi connectivity index (χ3n) is 5.92. The summed E-state index contributed by atoms with van der Waals surface area (Å²) in [5.74, 6) is -1.89. The van der Waals surface area contributed by atoms with Gasteiger partial charge in [0.1, 0.15) is 6.04 Å². The van der Waals surface area contributed by atoms with Crippen molar-refractivity contribution in [2.24, 2.45) is 5.92 Å². The summed E-state index contributed by atoms with van der Waals surface area (Å²) in [6.07, 6.45) is 2.61. The summed E-state index contributed by atoms with van der Waals surface area (Å²) in [6, 6.07) is 14.7. The number of nitrogens with zero attached hydrogens (tertiary/aromatic N) is 1. The Hall–Kier alpha value is -3.17. The van der Waals surface area contributed by atoms with Crippen molar-refractivity contribution in [1.82, 2.24) is 14.6 Å². The van der Waals surface area contributed by atoms with Crippen LogP contribution in [-0.2, 0) is 26.0 Å². The second kappa shape index (κ2) is 9.13. The van der Waals surface area contributed by atoms with Crippen molar-refractivity contribution in [3.8, 4) is 0 Å². The molecule has 0 bridgehead atoms. The molecule has 1 fully saturated rings. The predicted octanol–water partition coefficient (Wildman–Crippen LogP) is 2.38. The molecule has 9 heteroatoms. The minimum absolute atomic E-state index is 0.159. The molecule has 1 amide bonds. The molecule has 8 nitrogen and oxygen atoms in total. The van der Waals surface area contributed by atoms with Gasteiger partial charge in [0, 0.05) is 42.5 Å². The number of aliphatic carboxylic acids is 1. The van der Waals surface area contributed by atoms with Gasteiger partial charge in [-0.3, -0.25) is 4.79 Å². The molecule has 2 heterocycles. The molecule has 168 valence electrons. The zero-order chi connectivity index (χ0) is 22.7. The number of hydrogen-bond acceptors (Lipinski definition) is 4. The van der Waals surface area contributed by atoms with Gasteiger partial charge in [0.2, 0.25) is 15.9 Å². The smallest absolute Gasteiger partial charge is 0.326 e. The van der Waals surface area contributed by atoms with Crippen molar-refractivity contribution in [3.05, 3.63) is 66.4 Å². The normalized spacial score (nSPS) is 16.6. The molecule has 2 aromatic carbocycles. The number of sulfonamides is 1.